The zero-order valence-corrected chi connectivity index (χ0v) is 14.4. The zero-order valence-electron chi connectivity index (χ0n) is 13.6. The minimum absolute atomic E-state index is 0.0882. The van der Waals surface area contributed by atoms with Gasteiger partial charge in [0.05, 0.1) is 18.3 Å². The van der Waals surface area contributed by atoms with E-state index in [1.54, 1.807) is 22.2 Å². The summed E-state index contributed by atoms with van der Waals surface area (Å²) < 4.78 is 1.80. The van der Waals surface area contributed by atoms with E-state index in [1.165, 1.54) is 0 Å². The zero-order chi connectivity index (χ0) is 16.9. The molecule has 7 heteroatoms. The third-order valence-electron chi connectivity index (χ3n) is 3.58. The predicted molar refractivity (Wildman–Crippen MR) is 94.2 cm³/mol. The Labute approximate surface area is 144 Å². The molecule has 0 fully saturated rings. The summed E-state index contributed by atoms with van der Waals surface area (Å²) in [7, 11) is 0. The molecule has 0 saturated heterocycles. The average Bonchev–Trinajstić information content (AvgIpc) is 3.25. The molecule has 0 aliphatic rings. The lowest BCUT2D eigenvalue weighted by Gasteiger charge is -2.15. The van der Waals surface area contributed by atoms with Crippen LogP contribution in [0.15, 0.2) is 48.1 Å². The highest BCUT2D eigenvalue weighted by Gasteiger charge is 2.10. The highest BCUT2D eigenvalue weighted by atomic mass is 32.1. The van der Waals surface area contributed by atoms with Crippen molar-refractivity contribution in [3.8, 4) is 5.69 Å². The number of nitrogens with zero attached hydrogens (tertiary/aromatic N) is 3. The molecule has 6 nitrogen and oxygen atoms in total. The summed E-state index contributed by atoms with van der Waals surface area (Å²) in [5.41, 5.74) is 2.99. The van der Waals surface area contributed by atoms with Crippen LogP contribution in [-0.4, -0.2) is 20.8 Å². The molecule has 24 heavy (non-hydrogen) atoms. The summed E-state index contributed by atoms with van der Waals surface area (Å²) >= 11 is 1.55. The molecule has 1 unspecified atom stereocenters. The van der Waals surface area contributed by atoms with Crippen LogP contribution in [0, 0.1) is 6.92 Å². The van der Waals surface area contributed by atoms with Gasteiger partial charge in [0.25, 0.3) is 0 Å². The van der Waals surface area contributed by atoms with Crippen molar-refractivity contribution in [3.63, 3.8) is 0 Å². The van der Waals surface area contributed by atoms with Crippen molar-refractivity contribution in [1.29, 1.82) is 0 Å². The SMILES string of the molecule is Cc1csc(CNC(=O)NC(C)c2ccc(-n3cccn3)cc2)n1. The first-order chi connectivity index (χ1) is 11.6. The lowest BCUT2D eigenvalue weighted by Crippen LogP contribution is -2.36. The average molecular weight is 341 g/mol. The lowest BCUT2D eigenvalue weighted by atomic mass is 10.1. The molecule has 0 radical (unpaired) electrons. The Balaban J connectivity index is 1.54. The normalized spacial score (nSPS) is 11.9. The van der Waals surface area contributed by atoms with Crippen molar-refractivity contribution in [2.24, 2.45) is 0 Å². The first-order valence-corrected chi connectivity index (χ1v) is 8.55. The van der Waals surface area contributed by atoms with Gasteiger partial charge in [0.1, 0.15) is 5.01 Å². The monoisotopic (exact) mass is 341 g/mol. The minimum Gasteiger partial charge on any atom is -0.332 e. The van der Waals surface area contributed by atoms with E-state index in [9.17, 15) is 4.79 Å². The molecule has 0 bridgehead atoms. The molecule has 2 aromatic heterocycles. The summed E-state index contributed by atoms with van der Waals surface area (Å²) in [4.78, 5) is 16.3. The van der Waals surface area contributed by atoms with Gasteiger partial charge in [0.15, 0.2) is 0 Å². The fraction of sp³-hybridized carbons (Fsp3) is 0.235. The highest BCUT2D eigenvalue weighted by molar-refractivity contribution is 7.09. The highest BCUT2D eigenvalue weighted by Crippen LogP contribution is 2.15. The summed E-state index contributed by atoms with van der Waals surface area (Å²) in [6.07, 6.45) is 3.64. The number of hydrogen-bond donors (Lipinski definition) is 2. The Morgan fingerprint density at radius 3 is 2.75 bits per heavy atom. The van der Waals surface area contributed by atoms with Gasteiger partial charge in [-0.05, 0) is 37.6 Å². The first kappa shape index (κ1) is 16.2. The molecule has 2 heterocycles. The van der Waals surface area contributed by atoms with Crippen molar-refractivity contribution >= 4 is 17.4 Å². The van der Waals surface area contributed by atoms with Crippen LogP contribution >= 0.6 is 11.3 Å². The third-order valence-corrected chi connectivity index (χ3v) is 4.54. The molecule has 3 aromatic rings. The largest absolute Gasteiger partial charge is 0.332 e. The maximum atomic E-state index is 12.0. The van der Waals surface area contributed by atoms with Gasteiger partial charge >= 0.3 is 6.03 Å². The van der Waals surface area contributed by atoms with Gasteiger partial charge in [0.2, 0.25) is 0 Å². The van der Waals surface area contributed by atoms with Crippen LogP contribution < -0.4 is 10.6 Å². The van der Waals surface area contributed by atoms with E-state index in [1.807, 2.05) is 55.8 Å². The van der Waals surface area contributed by atoms with Crippen LogP contribution in [0.5, 0.6) is 0 Å². The number of benzene rings is 1. The standard InChI is InChI=1S/C17H19N5OS/c1-12-11-24-16(20-12)10-18-17(23)21-13(2)14-4-6-15(7-5-14)22-9-3-8-19-22/h3-9,11,13H,10H2,1-2H3,(H2,18,21,23). The van der Waals surface area contributed by atoms with E-state index in [-0.39, 0.29) is 12.1 Å². The van der Waals surface area contributed by atoms with Gasteiger partial charge in [0, 0.05) is 23.5 Å². The second kappa shape index (κ2) is 7.27. The van der Waals surface area contributed by atoms with E-state index in [2.05, 4.69) is 20.7 Å². The molecule has 2 N–H and O–H groups in total. The fourth-order valence-corrected chi connectivity index (χ4v) is 3.02. The number of rotatable bonds is 5. The molecular formula is C17H19N5OS. The Morgan fingerprint density at radius 1 is 1.33 bits per heavy atom. The number of hydrogen-bond acceptors (Lipinski definition) is 4. The quantitative estimate of drug-likeness (QED) is 0.748. The van der Waals surface area contributed by atoms with E-state index >= 15 is 0 Å². The third kappa shape index (κ3) is 3.99. The Kier molecular flexibility index (Phi) is 4.90. The van der Waals surface area contributed by atoms with Crippen molar-refractivity contribution in [3.05, 3.63) is 64.4 Å². The predicted octanol–water partition coefficient (Wildman–Crippen LogP) is 3.20. The number of carbonyl (C=O) groups excluding carboxylic acids is 1. The molecular weight excluding hydrogens is 322 g/mol. The van der Waals surface area contributed by atoms with Crippen LogP contribution in [-0.2, 0) is 6.54 Å². The summed E-state index contributed by atoms with van der Waals surface area (Å²) in [5, 5.41) is 12.8. The van der Waals surface area contributed by atoms with Gasteiger partial charge in [-0.15, -0.1) is 11.3 Å². The summed E-state index contributed by atoms with van der Waals surface area (Å²) in [6, 6.07) is 9.54. The van der Waals surface area contributed by atoms with Crippen LogP contribution in [0.1, 0.15) is 29.2 Å². The molecule has 0 saturated carbocycles. The number of thiazole rings is 1. The molecule has 2 amide bonds. The summed E-state index contributed by atoms with van der Waals surface area (Å²) in [5.74, 6) is 0. The van der Waals surface area contributed by atoms with Crippen LogP contribution in [0.3, 0.4) is 0 Å². The topological polar surface area (TPSA) is 71.8 Å². The number of aryl methyl sites for hydroxylation is 1. The van der Waals surface area contributed by atoms with E-state index in [4.69, 9.17) is 0 Å². The van der Waals surface area contributed by atoms with Gasteiger partial charge in [-0.25, -0.2) is 14.5 Å². The van der Waals surface area contributed by atoms with Crippen molar-refractivity contribution < 1.29 is 4.79 Å². The number of carbonyl (C=O) groups is 1. The molecule has 1 atom stereocenters. The molecule has 3 rings (SSSR count). The molecule has 124 valence electrons. The Morgan fingerprint density at radius 2 is 2.12 bits per heavy atom. The number of nitrogens with one attached hydrogen (secondary N) is 2. The number of aromatic nitrogens is 3. The van der Waals surface area contributed by atoms with Crippen LogP contribution in [0.2, 0.25) is 0 Å². The summed E-state index contributed by atoms with van der Waals surface area (Å²) in [6.45, 7) is 4.33. The smallest absolute Gasteiger partial charge is 0.315 e. The maximum Gasteiger partial charge on any atom is 0.315 e. The Hall–Kier alpha value is -2.67. The Bertz CT molecular complexity index is 795. The van der Waals surface area contributed by atoms with Gasteiger partial charge in [-0.1, -0.05) is 12.1 Å². The lowest BCUT2D eigenvalue weighted by molar-refractivity contribution is 0.237. The fourth-order valence-electron chi connectivity index (χ4n) is 2.31. The number of amides is 2. The molecule has 1 aromatic carbocycles. The maximum absolute atomic E-state index is 12.0. The van der Waals surface area contributed by atoms with Crippen LogP contribution in [0.4, 0.5) is 4.79 Å². The van der Waals surface area contributed by atoms with Gasteiger partial charge in [-0.3, -0.25) is 0 Å². The number of urea groups is 1. The van der Waals surface area contributed by atoms with E-state index in [0.29, 0.717) is 6.54 Å². The first-order valence-electron chi connectivity index (χ1n) is 7.67. The van der Waals surface area contributed by atoms with Crippen molar-refractivity contribution in [2.75, 3.05) is 0 Å². The van der Waals surface area contributed by atoms with E-state index in [0.717, 1.165) is 22.0 Å². The van der Waals surface area contributed by atoms with Crippen LogP contribution in [0.25, 0.3) is 5.69 Å². The molecule has 0 aliphatic carbocycles. The van der Waals surface area contributed by atoms with Crippen molar-refractivity contribution in [1.82, 2.24) is 25.4 Å². The molecule has 0 aliphatic heterocycles. The minimum atomic E-state index is -0.202. The van der Waals surface area contributed by atoms with Crippen molar-refractivity contribution in [2.45, 2.75) is 26.4 Å². The second-order valence-electron chi connectivity index (χ2n) is 5.47. The molecule has 0 spiro atoms. The van der Waals surface area contributed by atoms with Gasteiger partial charge in [-0.2, -0.15) is 5.10 Å². The second-order valence-corrected chi connectivity index (χ2v) is 6.42. The van der Waals surface area contributed by atoms with E-state index < -0.39 is 0 Å². The van der Waals surface area contributed by atoms with Gasteiger partial charge < -0.3 is 10.6 Å².